The maximum absolute atomic E-state index is 10.6. The van der Waals surface area contributed by atoms with Crippen LogP contribution >= 0.6 is 0 Å². The number of aromatic nitrogens is 2. The van der Waals surface area contributed by atoms with Gasteiger partial charge in [-0.25, -0.2) is 4.98 Å². The molecule has 0 atom stereocenters. The second-order valence-corrected chi connectivity index (χ2v) is 7.10. The number of rotatable bonds is 6. The second kappa shape index (κ2) is 7.50. The molecular formula is C22H24N4O3. The van der Waals surface area contributed by atoms with E-state index in [0.717, 1.165) is 28.1 Å². The molecule has 0 bridgehead atoms. The Morgan fingerprint density at radius 3 is 2.59 bits per heavy atom. The van der Waals surface area contributed by atoms with Crippen molar-refractivity contribution in [2.75, 3.05) is 26.8 Å². The highest BCUT2D eigenvalue weighted by Crippen LogP contribution is 2.29. The zero-order chi connectivity index (χ0) is 20.5. The number of benzene rings is 2. The van der Waals surface area contributed by atoms with Crippen LogP contribution in [0.2, 0.25) is 0 Å². The van der Waals surface area contributed by atoms with Crippen molar-refractivity contribution < 1.29 is 14.6 Å². The van der Waals surface area contributed by atoms with Gasteiger partial charge in [0.15, 0.2) is 0 Å². The number of nitrogens with zero attached hydrogens (tertiary/aromatic N) is 3. The molecule has 2 N–H and O–H groups in total. The highest BCUT2D eigenvalue weighted by atomic mass is 16.5. The van der Waals surface area contributed by atoms with Crippen LogP contribution in [0.4, 0.5) is 0 Å². The number of ether oxygens (including phenoxy) is 2. The summed E-state index contributed by atoms with van der Waals surface area (Å²) in [5, 5.41) is 19.1. The Hall–Kier alpha value is -3.48. The van der Waals surface area contributed by atoms with Crippen LogP contribution in [-0.2, 0) is 7.05 Å². The zero-order valence-electron chi connectivity index (χ0n) is 16.8. The lowest BCUT2D eigenvalue weighted by Crippen LogP contribution is -2.31. The molecular weight excluding hydrogens is 368 g/mol. The third-order valence-corrected chi connectivity index (χ3v) is 5.13. The summed E-state index contributed by atoms with van der Waals surface area (Å²) in [5.41, 5.74) is 3.43. The number of hydrogen-bond acceptors (Lipinski definition) is 5. The van der Waals surface area contributed by atoms with E-state index in [4.69, 9.17) is 14.9 Å². The molecule has 0 spiro atoms. The highest BCUT2D eigenvalue weighted by Gasteiger charge is 2.31. The van der Waals surface area contributed by atoms with Gasteiger partial charge in [-0.2, -0.15) is 0 Å². The van der Waals surface area contributed by atoms with E-state index in [1.165, 1.54) is 0 Å². The molecule has 150 valence electrons. The van der Waals surface area contributed by atoms with Crippen molar-refractivity contribution in [2.24, 2.45) is 7.05 Å². The van der Waals surface area contributed by atoms with E-state index in [2.05, 4.69) is 4.98 Å². The summed E-state index contributed by atoms with van der Waals surface area (Å²) in [6.07, 6.45) is 0. The zero-order valence-corrected chi connectivity index (χ0v) is 16.8. The van der Waals surface area contributed by atoms with E-state index in [1.54, 1.807) is 12.0 Å². The number of aliphatic hydroxyl groups excluding tert-OH is 1. The van der Waals surface area contributed by atoms with Gasteiger partial charge in [0.05, 0.1) is 36.8 Å². The molecule has 0 aliphatic carbocycles. The average molecular weight is 392 g/mol. The quantitative estimate of drug-likeness (QED) is 0.670. The third-order valence-electron chi connectivity index (χ3n) is 5.13. The molecule has 1 aliphatic rings. The van der Waals surface area contributed by atoms with E-state index >= 15 is 0 Å². The van der Waals surface area contributed by atoms with Gasteiger partial charge in [-0.1, -0.05) is 6.07 Å². The van der Waals surface area contributed by atoms with E-state index in [0.29, 0.717) is 24.5 Å². The van der Waals surface area contributed by atoms with Gasteiger partial charge in [0.2, 0.25) is 0 Å². The van der Waals surface area contributed by atoms with Crippen LogP contribution in [-0.4, -0.2) is 52.2 Å². The standard InChI is InChI=1S/C22H24N4O3/c1-14-4-9-18-17(12-14)24-22(25(18)2)20-19(27)13-26(21(20)23)10-11-29-16-7-5-15(28-3)6-8-16/h4-9,12,23,27H,10-11,13H2,1-3H3. The molecule has 29 heavy (non-hydrogen) atoms. The Morgan fingerprint density at radius 1 is 1.14 bits per heavy atom. The summed E-state index contributed by atoms with van der Waals surface area (Å²) >= 11 is 0. The SMILES string of the molecule is COc1ccc(OCCN2CC(O)=C(c3nc4cc(C)ccc4n3C)C2=N)cc1. The lowest BCUT2D eigenvalue weighted by Gasteiger charge is -2.19. The van der Waals surface area contributed by atoms with Crippen molar-refractivity contribution in [1.29, 1.82) is 5.41 Å². The van der Waals surface area contributed by atoms with Gasteiger partial charge in [0, 0.05) is 7.05 Å². The predicted molar refractivity (Wildman–Crippen MR) is 113 cm³/mol. The van der Waals surface area contributed by atoms with Gasteiger partial charge in [-0.05, 0) is 48.9 Å². The lowest BCUT2D eigenvalue weighted by atomic mass is 10.2. The summed E-state index contributed by atoms with van der Waals surface area (Å²) in [5.74, 6) is 2.53. The molecule has 1 aromatic heterocycles. The largest absolute Gasteiger partial charge is 0.510 e. The Kier molecular flexibility index (Phi) is 4.88. The van der Waals surface area contributed by atoms with Gasteiger partial charge in [0.25, 0.3) is 0 Å². The number of imidazole rings is 1. The normalized spacial score (nSPS) is 14.2. The first-order valence-electron chi connectivity index (χ1n) is 9.44. The third kappa shape index (κ3) is 3.51. The van der Waals surface area contributed by atoms with Gasteiger partial charge >= 0.3 is 0 Å². The molecule has 0 saturated carbocycles. The Labute approximate surface area is 169 Å². The van der Waals surface area contributed by atoms with Crippen molar-refractivity contribution in [2.45, 2.75) is 6.92 Å². The van der Waals surface area contributed by atoms with E-state index in [-0.39, 0.29) is 18.1 Å². The van der Waals surface area contributed by atoms with Gasteiger partial charge in [-0.3, -0.25) is 5.41 Å². The molecule has 0 unspecified atom stereocenters. The summed E-state index contributed by atoms with van der Waals surface area (Å²) in [6.45, 7) is 3.19. The number of methoxy groups -OCH3 is 1. The Balaban J connectivity index is 1.46. The Morgan fingerprint density at radius 2 is 1.86 bits per heavy atom. The van der Waals surface area contributed by atoms with Crippen LogP contribution in [0.15, 0.2) is 48.2 Å². The average Bonchev–Trinajstić information content (AvgIpc) is 3.17. The monoisotopic (exact) mass is 392 g/mol. The van der Waals surface area contributed by atoms with E-state index in [1.807, 2.05) is 61.0 Å². The summed E-state index contributed by atoms with van der Waals surface area (Å²) in [7, 11) is 3.53. The maximum atomic E-state index is 10.6. The van der Waals surface area contributed by atoms with E-state index < -0.39 is 0 Å². The molecule has 7 nitrogen and oxygen atoms in total. The van der Waals surface area contributed by atoms with Crippen molar-refractivity contribution in [3.05, 3.63) is 59.6 Å². The minimum atomic E-state index is 0.162. The summed E-state index contributed by atoms with van der Waals surface area (Å²) in [6, 6.07) is 13.4. The molecule has 2 aromatic carbocycles. The fourth-order valence-corrected chi connectivity index (χ4v) is 3.54. The Bertz CT molecular complexity index is 1100. The number of amidine groups is 1. The number of hydrogen-bond donors (Lipinski definition) is 2. The fraction of sp³-hybridized carbons (Fsp3) is 0.273. The molecule has 4 rings (SSSR count). The van der Waals surface area contributed by atoms with Gasteiger partial charge in [0.1, 0.15) is 35.5 Å². The topological polar surface area (TPSA) is 83.6 Å². The van der Waals surface area contributed by atoms with Crippen molar-refractivity contribution in [1.82, 2.24) is 14.5 Å². The van der Waals surface area contributed by atoms with Crippen LogP contribution < -0.4 is 9.47 Å². The number of aryl methyl sites for hydroxylation is 2. The summed E-state index contributed by atoms with van der Waals surface area (Å²) in [4.78, 5) is 6.46. The van der Waals surface area contributed by atoms with Crippen molar-refractivity contribution >= 4 is 22.4 Å². The smallest absolute Gasteiger partial charge is 0.148 e. The minimum Gasteiger partial charge on any atom is -0.510 e. The predicted octanol–water partition coefficient (Wildman–Crippen LogP) is 3.53. The molecule has 3 aromatic rings. The molecule has 0 amide bonds. The van der Waals surface area contributed by atoms with Crippen molar-refractivity contribution in [3.63, 3.8) is 0 Å². The molecule has 0 radical (unpaired) electrons. The van der Waals surface area contributed by atoms with Crippen LogP contribution in [0.25, 0.3) is 16.6 Å². The highest BCUT2D eigenvalue weighted by molar-refractivity contribution is 6.23. The fourth-order valence-electron chi connectivity index (χ4n) is 3.54. The van der Waals surface area contributed by atoms with Crippen LogP contribution in [0.1, 0.15) is 11.4 Å². The number of nitrogens with one attached hydrogen (secondary N) is 1. The molecule has 2 heterocycles. The van der Waals surface area contributed by atoms with Crippen LogP contribution in [0.3, 0.4) is 0 Å². The maximum Gasteiger partial charge on any atom is 0.148 e. The van der Waals surface area contributed by atoms with Gasteiger partial charge < -0.3 is 24.0 Å². The van der Waals surface area contributed by atoms with Crippen molar-refractivity contribution in [3.8, 4) is 11.5 Å². The molecule has 7 heteroatoms. The summed E-state index contributed by atoms with van der Waals surface area (Å²) < 4.78 is 12.8. The second-order valence-electron chi connectivity index (χ2n) is 7.10. The molecule has 0 fully saturated rings. The minimum absolute atomic E-state index is 0.162. The van der Waals surface area contributed by atoms with Gasteiger partial charge in [-0.15, -0.1) is 0 Å². The lowest BCUT2D eigenvalue weighted by molar-refractivity contribution is 0.265. The molecule has 1 aliphatic heterocycles. The van der Waals surface area contributed by atoms with Crippen LogP contribution in [0.5, 0.6) is 11.5 Å². The first-order valence-corrected chi connectivity index (χ1v) is 9.44. The molecule has 0 saturated heterocycles. The van der Waals surface area contributed by atoms with E-state index in [9.17, 15) is 5.11 Å². The van der Waals surface area contributed by atoms with Crippen LogP contribution in [0, 0.1) is 12.3 Å². The number of aliphatic hydroxyl groups is 1. The number of fused-ring (bicyclic) bond motifs is 1. The first kappa shape index (κ1) is 18.9. The first-order chi connectivity index (χ1) is 14.0.